The predicted octanol–water partition coefficient (Wildman–Crippen LogP) is 0.355. The molecule has 0 bridgehead atoms. The van der Waals surface area contributed by atoms with E-state index in [9.17, 15) is 4.79 Å². The standard InChI is InChI=1S/C12H19N5O2/c1-13-9-5-10(17-11(16-9)7-19-2)15-8-3-4-12(18)14-6-8/h5,8H,3-4,6-7H2,1-2H3,(H,14,18)(H2,13,15,16,17). The Labute approximate surface area is 112 Å². The Bertz CT molecular complexity index is 442. The summed E-state index contributed by atoms with van der Waals surface area (Å²) in [5, 5.41) is 9.14. The van der Waals surface area contributed by atoms with Crippen LogP contribution in [0.5, 0.6) is 0 Å². The van der Waals surface area contributed by atoms with Crippen LogP contribution in [0.25, 0.3) is 0 Å². The maximum atomic E-state index is 11.1. The number of methoxy groups -OCH3 is 1. The molecular formula is C12H19N5O2. The molecule has 104 valence electrons. The molecule has 1 atom stereocenters. The van der Waals surface area contributed by atoms with Crippen LogP contribution in [0.2, 0.25) is 0 Å². The van der Waals surface area contributed by atoms with Crippen molar-refractivity contribution in [3.05, 3.63) is 11.9 Å². The molecule has 1 aromatic rings. The van der Waals surface area contributed by atoms with Crippen LogP contribution >= 0.6 is 0 Å². The third kappa shape index (κ3) is 3.78. The fraction of sp³-hybridized carbons (Fsp3) is 0.583. The van der Waals surface area contributed by atoms with Crippen molar-refractivity contribution >= 4 is 17.5 Å². The van der Waals surface area contributed by atoms with Crippen LogP contribution in [0.3, 0.4) is 0 Å². The highest BCUT2D eigenvalue weighted by atomic mass is 16.5. The van der Waals surface area contributed by atoms with Crippen LogP contribution < -0.4 is 16.0 Å². The van der Waals surface area contributed by atoms with Crippen LogP contribution in [-0.2, 0) is 16.1 Å². The minimum Gasteiger partial charge on any atom is -0.377 e. The Morgan fingerprint density at radius 1 is 1.47 bits per heavy atom. The Kier molecular flexibility index (Phi) is 4.51. The average Bonchev–Trinajstić information content (AvgIpc) is 2.41. The average molecular weight is 265 g/mol. The summed E-state index contributed by atoms with van der Waals surface area (Å²) in [6.07, 6.45) is 1.36. The van der Waals surface area contributed by atoms with Gasteiger partial charge in [-0.05, 0) is 6.42 Å². The molecule has 7 heteroatoms. The van der Waals surface area contributed by atoms with Gasteiger partial charge in [-0.25, -0.2) is 9.97 Å². The second kappa shape index (κ2) is 6.33. The van der Waals surface area contributed by atoms with Gasteiger partial charge in [0.05, 0.1) is 0 Å². The van der Waals surface area contributed by atoms with Crippen molar-refractivity contribution in [3.63, 3.8) is 0 Å². The molecule has 0 spiro atoms. The van der Waals surface area contributed by atoms with Gasteiger partial charge in [0, 0.05) is 39.2 Å². The fourth-order valence-electron chi connectivity index (χ4n) is 1.96. The van der Waals surface area contributed by atoms with Gasteiger partial charge in [-0.3, -0.25) is 4.79 Å². The zero-order valence-electron chi connectivity index (χ0n) is 11.2. The molecule has 1 aliphatic rings. The van der Waals surface area contributed by atoms with Gasteiger partial charge in [-0.15, -0.1) is 0 Å². The highest BCUT2D eigenvalue weighted by Gasteiger charge is 2.18. The number of carbonyl (C=O) groups excluding carboxylic acids is 1. The van der Waals surface area contributed by atoms with Gasteiger partial charge in [0.2, 0.25) is 5.91 Å². The second-order valence-electron chi connectivity index (χ2n) is 4.42. The zero-order chi connectivity index (χ0) is 13.7. The molecule has 1 aromatic heterocycles. The first-order valence-electron chi connectivity index (χ1n) is 6.29. The van der Waals surface area contributed by atoms with Gasteiger partial charge in [0.25, 0.3) is 0 Å². The van der Waals surface area contributed by atoms with Crippen molar-refractivity contribution < 1.29 is 9.53 Å². The molecule has 0 saturated carbocycles. The van der Waals surface area contributed by atoms with Crippen molar-refractivity contribution in [2.45, 2.75) is 25.5 Å². The molecule has 1 fully saturated rings. The highest BCUT2D eigenvalue weighted by Crippen LogP contribution is 2.15. The molecule has 7 nitrogen and oxygen atoms in total. The van der Waals surface area contributed by atoms with Gasteiger partial charge in [-0.2, -0.15) is 0 Å². The molecule has 1 saturated heterocycles. The summed E-state index contributed by atoms with van der Waals surface area (Å²) in [5.74, 6) is 2.21. The minimum atomic E-state index is 0.108. The lowest BCUT2D eigenvalue weighted by Crippen LogP contribution is -2.42. The lowest BCUT2D eigenvalue weighted by atomic mass is 10.1. The molecule has 1 unspecified atom stereocenters. The van der Waals surface area contributed by atoms with Crippen molar-refractivity contribution in [3.8, 4) is 0 Å². The Morgan fingerprint density at radius 3 is 2.89 bits per heavy atom. The summed E-state index contributed by atoms with van der Waals surface area (Å²) in [7, 11) is 3.42. The van der Waals surface area contributed by atoms with Crippen LogP contribution in [0.1, 0.15) is 18.7 Å². The Hall–Kier alpha value is -1.89. The molecule has 2 rings (SSSR count). The fourth-order valence-corrected chi connectivity index (χ4v) is 1.96. The van der Waals surface area contributed by atoms with Crippen LogP contribution in [0, 0.1) is 0 Å². The summed E-state index contributed by atoms with van der Waals surface area (Å²) >= 11 is 0. The van der Waals surface area contributed by atoms with E-state index in [1.54, 1.807) is 7.11 Å². The molecular weight excluding hydrogens is 246 g/mol. The van der Waals surface area contributed by atoms with Crippen molar-refractivity contribution in [1.82, 2.24) is 15.3 Å². The maximum Gasteiger partial charge on any atom is 0.220 e. The van der Waals surface area contributed by atoms with Gasteiger partial charge in [0.1, 0.15) is 18.2 Å². The van der Waals surface area contributed by atoms with Gasteiger partial charge < -0.3 is 20.7 Å². The van der Waals surface area contributed by atoms with E-state index in [1.165, 1.54) is 0 Å². The van der Waals surface area contributed by atoms with E-state index in [-0.39, 0.29) is 11.9 Å². The molecule has 1 amide bonds. The number of ether oxygens (including phenoxy) is 1. The van der Waals surface area contributed by atoms with Crippen LogP contribution in [0.15, 0.2) is 6.07 Å². The SMILES string of the molecule is CNc1cc(NC2CCC(=O)NC2)nc(COC)n1. The van der Waals surface area contributed by atoms with Gasteiger partial charge >= 0.3 is 0 Å². The molecule has 19 heavy (non-hydrogen) atoms. The van der Waals surface area contributed by atoms with E-state index < -0.39 is 0 Å². The topological polar surface area (TPSA) is 88.2 Å². The summed E-state index contributed by atoms with van der Waals surface area (Å²) in [5.41, 5.74) is 0. The zero-order valence-corrected chi connectivity index (χ0v) is 11.2. The van der Waals surface area contributed by atoms with Crippen LogP contribution in [-0.4, -0.2) is 42.6 Å². The summed E-state index contributed by atoms with van der Waals surface area (Å²) in [6.45, 7) is 0.989. The molecule has 3 N–H and O–H groups in total. The number of amides is 1. The lowest BCUT2D eigenvalue weighted by molar-refractivity contribution is -0.122. The number of piperidine rings is 1. The number of carbonyl (C=O) groups is 1. The number of nitrogens with zero attached hydrogens (tertiary/aromatic N) is 2. The first-order chi connectivity index (χ1) is 9.21. The molecule has 0 aliphatic carbocycles. The first-order valence-corrected chi connectivity index (χ1v) is 6.29. The Morgan fingerprint density at radius 2 is 2.26 bits per heavy atom. The lowest BCUT2D eigenvalue weighted by Gasteiger charge is -2.24. The van der Waals surface area contributed by atoms with E-state index >= 15 is 0 Å². The molecule has 2 heterocycles. The highest BCUT2D eigenvalue weighted by molar-refractivity contribution is 5.77. The smallest absolute Gasteiger partial charge is 0.220 e. The molecule has 0 aromatic carbocycles. The second-order valence-corrected chi connectivity index (χ2v) is 4.42. The number of anilines is 2. The van der Waals surface area contributed by atoms with E-state index in [0.29, 0.717) is 25.4 Å². The summed E-state index contributed by atoms with van der Waals surface area (Å²) < 4.78 is 5.05. The normalized spacial score (nSPS) is 18.8. The Balaban J connectivity index is 2.06. The predicted molar refractivity (Wildman–Crippen MR) is 71.9 cm³/mol. The number of hydrogen-bond donors (Lipinski definition) is 3. The summed E-state index contributed by atoms with van der Waals surface area (Å²) in [6, 6.07) is 2.04. The number of hydrogen-bond acceptors (Lipinski definition) is 6. The van der Waals surface area contributed by atoms with E-state index in [2.05, 4.69) is 25.9 Å². The summed E-state index contributed by atoms with van der Waals surface area (Å²) in [4.78, 5) is 19.8. The first kappa shape index (κ1) is 13.5. The van der Waals surface area contributed by atoms with Crippen molar-refractivity contribution in [2.75, 3.05) is 31.3 Å². The molecule has 1 aliphatic heterocycles. The number of aromatic nitrogens is 2. The van der Waals surface area contributed by atoms with E-state index in [0.717, 1.165) is 18.1 Å². The minimum absolute atomic E-state index is 0.108. The number of rotatable bonds is 5. The van der Waals surface area contributed by atoms with Crippen molar-refractivity contribution in [1.29, 1.82) is 0 Å². The van der Waals surface area contributed by atoms with E-state index in [1.807, 2.05) is 13.1 Å². The van der Waals surface area contributed by atoms with Gasteiger partial charge in [-0.1, -0.05) is 0 Å². The van der Waals surface area contributed by atoms with E-state index in [4.69, 9.17) is 4.74 Å². The van der Waals surface area contributed by atoms with Gasteiger partial charge in [0.15, 0.2) is 5.82 Å². The number of nitrogens with one attached hydrogen (secondary N) is 3. The quantitative estimate of drug-likeness (QED) is 0.712. The maximum absolute atomic E-state index is 11.1. The monoisotopic (exact) mass is 265 g/mol. The third-order valence-corrected chi connectivity index (χ3v) is 2.92. The third-order valence-electron chi connectivity index (χ3n) is 2.92. The largest absolute Gasteiger partial charge is 0.377 e. The molecule has 0 radical (unpaired) electrons. The van der Waals surface area contributed by atoms with Crippen molar-refractivity contribution in [2.24, 2.45) is 0 Å². The van der Waals surface area contributed by atoms with Crippen LogP contribution in [0.4, 0.5) is 11.6 Å².